The maximum atomic E-state index is 13.2. The summed E-state index contributed by atoms with van der Waals surface area (Å²) in [5.41, 5.74) is -0.133. The normalized spacial score (nSPS) is 12.8. The first-order chi connectivity index (χ1) is 9.51. The molecular formula is C13H17F5N2O. The van der Waals surface area contributed by atoms with Gasteiger partial charge in [0, 0.05) is 17.6 Å². The van der Waals surface area contributed by atoms with Crippen LogP contribution in [-0.2, 0) is 6.54 Å². The van der Waals surface area contributed by atoms with Crippen LogP contribution in [-0.4, -0.2) is 29.5 Å². The summed E-state index contributed by atoms with van der Waals surface area (Å²) in [5, 5.41) is 3.00. The molecule has 0 radical (unpaired) electrons. The van der Waals surface area contributed by atoms with E-state index in [4.69, 9.17) is 0 Å². The van der Waals surface area contributed by atoms with Crippen LogP contribution >= 0.6 is 0 Å². The minimum Gasteiger partial charge on any atom is -0.471 e. The third kappa shape index (κ3) is 5.82. The van der Waals surface area contributed by atoms with Crippen molar-refractivity contribution in [2.45, 2.75) is 45.2 Å². The molecule has 1 N–H and O–H groups in total. The van der Waals surface area contributed by atoms with Gasteiger partial charge in [-0.3, -0.25) is 0 Å². The fraction of sp³-hybridized carbons (Fsp3) is 0.615. The number of halogens is 5. The average Bonchev–Trinajstić information content (AvgIpc) is 2.34. The molecule has 0 amide bonds. The van der Waals surface area contributed by atoms with Gasteiger partial charge in [-0.25, -0.2) is 18.2 Å². The van der Waals surface area contributed by atoms with Gasteiger partial charge in [0.15, 0.2) is 6.61 Å². The quantitative estimate of drug-likeness (QED) is 0.818. The SMILES string of the molecule is CC(C)(C)NCc1cc(F)cnc1OCC(F)(F)C(F)F. The van der Waals surface area contributed by atoms with E-state index in [0.29, 0.717) is 0 Å². The maximum absolute atomic E-state index is 13.2. The fourth-order valence-electron chi connectivity index (χ4n) is 1.31. The molecule has 0 aliphatic rings. The minimum atomic E-state index is -4.29. The number of hydrogen-bond acceptors (Lipinski definition) is 3. The van der Waals surface area contributed by atoms with Gasteiger partial charge in [-0.15, -0.1) is 0 Å². The fourth-order valence-corrected chi connectivity index (χ4v) is 1.31. The first-order valence-corrected chi connectivity index (χ1v) is 6.19. The maximum Gasteiger partial charge on any atom is 0.340 e. The summed E-state index contributed by atoms with van der Waals surface area (Å²) in [6.45, 7) is 4.14. The number of hydrogen-bond donors (Lipinski definition) is 1. The number of rotatable bonds is 6. The molecule has 1 aromatic heterocycles. The summed E-state index contributed by atoms with van der Waals surface area (Å²) in [7, 11) is 0. The highest BCUT2D eigenvalue weighted by Crippen LogP contribution is 2.25. The summed E-state index contributed by atoms with van der Waals surface area (Å²) in [4.78, 5) is 3.53. The number of aromatic nitrogens is 1. The van der Waals surface area contributed by atoms with Crippen molar-refractivity contribution >= 4 is 0 Å². The van der Waals surface area contributed by atoms with Crippen LogP contribution in [0.1, 0.15) is 26.3 Å². The molecule has 0 aromatic carbocycles. The van der Waals surface area contributed by atoms with Gasteiger partial charge < -0.3 is 10.1 Å². The standard InChI is InChI=1S/C13H17F5N2O/c1-12(2,3)20-5-8-4-9(14)6-19-10(8)21-7-13(17,18)11(15)16/h4,6,11,20H,5,7H2,1-3H3. The Hall–Kier alpha value is -1.44. The van der Waals surface area contributed by atoms with Crippen LogP contribution in [0.2, 0.25) is 0 Å². The Labute approximate surface area is 119 Å². The van der Waals surface area contributed by atoms with E-state index >= 15 is 0 Å². The number of nitrogens with one attached hydrogen (secondary N) is 1. The van der Waals surface area contributed by atoms with Crippen LogP contribution < -0.4 is 10.1 Å². The van der Waals surface area contributed by atoms with Gasteiger partial charge in [0.25, 0.3) is 0 Å². The van der Waals surface area contributed by atoms with Crippen molar-refractivity contribution in [1.82, 2.24) is 10.3 Å². The average molecular weight is 312 g/mol. The topological polar surface area (TPSA) is 34.2 Å². The van der Waals surface area contributed by atoms with Crippen LogP contribution in [0.3, 0.4) is 0 Å². The third-order valence-electron chi connectivity index (χ3n) is 2.42. The Balaban J connectivity index is 2.82. The van der Waals surface area contributed by atoms with E-state index in [1.165, 1.54) is 0 Å². The molecule has 0 saturated carbocycles. The van der Waals surface area contributed by atoms with E-state index in [1.54, 1.807) is 0 Å². The van der Waals surface area contributed by atoms with Crippen LogP contribution in [0.5, 0.6) is 5.88 Å². The lowest BCUT2D eigenvalue weighted by Gasteiger charge is -2.22. The lowest BCUT2D eigenvalue weighted by atomic mass is 10.1. The van der Waals surface area contributed by atoms with Gasteiger partial charge in [-0.05, 0) is 26.8 Å². The minimum absolute atomic E-state index is 0.101. The molecule has 0 aliphatic carbocycles. The van der Waals surface area contributed by atoms with E-state index in [-0.39, 0.29) is 23.5 Å². The second kappa shape index (κ2) is 6.55. The van der Waals surface area contributed by atoms with Crippen molar-refractivity contribution in [2.24, 2.45) is 0 Å². The Morgan fingerprint density at radius 2 is 1.90 bits per heavy atom. The molecule has 21 heavy (non-hydrogen) atoms. The molecule has 1 aromatic rings. The first kappa shape index (κ1) is 17.6. The molecule has 0 unspecified atom stereocenters. The number of ether oxygens (including phenoxy) is 1. The zero-order valence-electron chi connectivity index (χ0n) is 11.9. The second-order valence-corrected chi connectivity index (χ2v) is 5.57. The van der Waals surface area contributed by atoms with Crippen molar-refractivity contribution in [3.8, 4) is 5.88 Å². The van der Waals surface area contributed by atoms with Gasteiger partial charge >= 0.3 is 12.3 Å². The molecule has 0 aliphatic heterocycles. The van der Waals surface area contributed by atoms with Gasteiger partial charge in [0.05, 0.1) is 6.20 Å². The predicted molar refractivity (Wildman–Crippen MR) is 67.2 cm³/mol. The molecule has 1 heterocycles. The molecule has 1 rings (SSSR count). The van der Waals surface area contributed by atoms with E-state index in [9.17, 15) is 22.0 Å². The zero-order valence-corrected chi connectivity index (χ0v) is 11.9. The monoisotopic (exact) mass is 312 g/mol. The van der Waals surface area contributed by atoms with E-state index in [1.807, 2.05) is 20.8 Å². The largest absolute Gasteiger partial charge is 0.471 e. The predicted octanol–water partition coefficient (Wildman–Crippen LogP) is 3.39. The Kier molecular flexibility index (Phi) is 5.49. The molecule has 0 atom stereocenters. The lowest BCUT2D eigenvalue weighted by molar-refractivity contribution is -0.148. The molecular weight excluding hydrogens is 295 g/mol. The molecule has 8 heteroatoms. The molecule has 120 valence electrons. The van der Waals surface area contributed by atoms with E-state index in [0.717, 1.165) is 12.3 Å². The summed E-state index contributed by atoms with van der Waals surface area (Å²) in [5.74, 6) is -5.26. The number of alkyl halides is 4. The first-order valence-electron chi connectivity index (χ1n) is 6.19. The molecule has 0 saturated heterocycles. The molecule has 0 spiro atoms. The van der Waals surface area contributed by atoms with E-state index in [2.05, 4.69) is 15.0 Å². The summed E-state index contributed by atoms with van der Waals surface area (Å²) >= 11 is 0. The van der Waals surface area contributed by atoms with Crippen LogP contribution in [0, 0.1) is 5.82 Å². The van der Waals surface area contributed by atoms with Crippen molar-refractivity contribution in [1.29, 1.82) is 0 Å². The Morgan fingerprint density at radius 3 is 2.43 bits per heavy atom. The number of nitrogens with zero attached hydrogens (tertiary/aromatic N) is 1. The van der Waals surface area contributed by atoms with Crippen LogP contribution in [0.25, 0.3) is 0 Å². The van der Waals surface area contributed by atoms with Crippen molar-refractivity contribution < 1.29 is 26.7 Å². The highest BCUT2D eigenvalue weighted by Gasteiger charge is 2.42. The highest BCUT2D eigenvalue weighted by molar-refractivity contribution is 5.26. The lowest BCUT2D eigenvalue weighted by Crippen LogP contribution is -2.36. The highest BCUT2D eigenvalue weighted by atomic mass is 19.3. The Morgan fingerprint density at radius 1 is 1.29 bits per heavy atom. The number of pyridine rings is 1. The zero-order chi connectivity index (χ0) is 16.3. The van der Waals surface area contributed by atoms with Crippen LogP contribution in [0.4, 0.5) is 22.0 Å². The summed E-state index contributed by atoms with van der Waals surface area (Å²) in [6, 6.07) is 1.06. The molecule has 0 bridgehead atoms. The van der Waals surface area contributed by atoms with Gasteiger partial charge in [0.2, 0.25) is 5.88 Å². The van der Waals surface area contributed by atoms with Gasteiger partial charge in [0.1, 0.15) is 5.82 Å². The second-order valence-electron chi connectivity index (χ2n) is 5.57. The summed E-state index contributed by atoms with van der Waals surface area (Å²) < 4.78 is 67.6. The van der Waals surface area contributed by atoms with Gasteiger partial charge in [-0.2, -0.15) is 8.78 Å². The van der Waals surface area contributed by atoms with E-state index < -0.39 is 24.8 Å². The third-order valence-corrected chi connectivity index (χ3v) is 2.42. The van der Waals surface area contributed by atoms with Crippen LogP contribution in [0.15, 0.2) is 12.3 Å². The summed E-state index contributed by atoms with van der Waals surface area (Å²) in [6.07, 6.45) is -3.06. The molecule has 3 nitrogen and oxygen atoms in total. The Bertz CT molecular complexity index is 474. The molecule has 0 fully saturated rings. The smallest absolute Gasteiger partial charge is 0.340 e. The van der Waals surface area contributed by atoms with Crippen molar-refractivity contribution in [2.75, 3.05) is 6.61 Å². The van der Waals surface area contributed by atoms with Gasteiger partial charge in [-0.1, -0.05) is 0 Å². The van der Waals surface area contributed by atoms with Crippen molar-refractivity contribution in [3.63, 3.8) is 0 Å². The van der Waals surface area contributed by atoms with Crippen molar-refractivity contribution in [3.05, 3.63) is 23.6 Å².